The minimum absolute atomic E-state index is 0.190. The Bertz CT molecular complexity index is 647. The van der Waals surface area contributed by atoms with Gasteiger partial charge in [0.25, 0.3) is 0 Å². The summed E-state index contributed by atoms with van der Waals surface area (Å²) in [6.45, 7) is 3.73. The fourth-order valence-corrected chi connectivity index (χ4v) is 2.65. The van der Waals surface area contributed by atoms with Gasteiger partial charge in [0.05, 0.1) is 15.7 Å². The third-order valence-electron chi connectivity index (χ3n) is 2.76. The average Bonchev–Trinajstić information content (AvgIpc) is 2.85. The van der Waals surface area contributed by atoms with Gasteiger partial charge in [-0.25, -0.2) is 0 Å². The van der Waals surface area contributed by atoms with Crippen molar-refractivity contribution in [3.8, 4) is 0 Å². The molecule has 5 nitrogen and oxygen atoms in total. The van der Waals surface area contributed by atoms with E-state index in [1.165, 1.54) is 11.3 Å². The van der Waals surface area contributed by atoms with E-state index in [1.54, 1.807) is 18.2 Å². The van der Waals surface area contributed by atoms with Gasteiger partial charge in [0.15, 0.2) is 0 Å². The number of hydrogen-bond acceptors (Lipinski definition) is 5. The molecule has 0 aliphatic heterocycles. The Morgan fingerprint density at radius 2 is 2.14 bits per heavy atom. The molecule has 1 atom stereocenters. The first-order chi connectivity index (χ1) is 10.0. The van der Waals surface area contributed by atoms with Crippen LogP contribution in [0.25, 0.3) is 0 Å². The van der Waals surface area contributed by atoms with Crippen LogP contribution in [0.15, 0.2) is 18.2 Å². The summed E-state index contributed by atoms with van der Waals surface area (Å²) in [4.78, 5) is 12.2. The lowest BCUT2D eigenvalue weighted by Crippen LogP contribution is -2.34. The lowest BCUT2D eigenvalue weighted by atomic mass is 10.2. The predicted octanol–water partition coefficient (Wildman–Crippen LogP) is 3.98. The van der Waals surface area contributed by atoms with Crippen molar-refractivity contribution in [2.45, 2.75) is 26.3 Å². The SMILES string of the molecule is CC[C@@H](Nc1cccc(Cl)c1Cl)C(=O)Nc1nnc(C)s1. The molecule has 0 bridgehead atoms. The summed E-state index contributed by atoms with van der Waals surface area (Å²) in [6, 6.07) is 4.81. The lowest BCUT2D eigenvalue weighted by molar-refractivity contribution is -0.117. The molecule has 0 saturated carbocycles. The van der Waals surface area contributed by atoms with Gasteiger partial charge in [0.2, 0.25) is 11.0 Å². The number of nitrogens with zero attached hydrogens (tertiary/aromatic N) is 2. The number of halogens is 2. The molecule has 21 heavy (non-hydrogen) atoms. The number of anilines is 2. The number of rotatable bonds is 5. The Morgan fingerprint density at radius 1 is 1.38 bits per heavy atom. The van der Waals surface area contributed by atoms with Crippen molar-refractivity contribution >= 4 is 51.3 Å². The summed E-state index contributed by atoms with van der Waals surface area (Å²) >= 11 is 13.4. The molecule has 2 rings (SSSR count). The van der Waals surface area contributed by atoms with E-state index in [9.17, 15) is 4.79 Å². The van der Waals surface area contributed by atoms with E-state index >= 15 is 0 Å². The van der Waals surface area contributed by atoms with Gasteiger partial charge in [-0.1, -0.05) is 47.5 Å². The maximum atomic E-state index is 12.2. The monoisotopic (exact) mass is 344 g/mol. The maximum Gasteiger partial charge on any atom is 0.248 e. The van der Waals surface area contributed by atoms with Crippen molar-refractivity contribution in [2.24, 2.45) is 0 Å². The quantitative estimate of drug-likeness (QED) is 0.860. The predicted molar refractivity (Wildman–Crippen MR) is 87.4 cm³/mol. The molecule has 0 aliphatic rings. The van der Waals surface area contributed by atoms with Gasteiger partial charge in [-0.2, -0.15) is 0 Å². The Hall–Kier alpha value is -1.37. The number of carbonyl (C=O) groups excluding carboxylic acids is 1. The minimum Gasteiger partial charge on any atom is -0.372 e. The minimum atomic E-state index is -0.440. The van der Waals surface area contributed by atoms with Crippen LogP contribution in [0.5, 0.6) is 0 Å². The van der Waals surface area contributed by atoms with Crippen molar-refractivity contribution in [3.63, 3.8) is 0 Å². The van der Waals surface area contributed by atoms with Crippen LogP contribution in [0.2, 0.25) is 10.0 Å². The number of carbonyl (C=O) groups is 1. The normalized spacial score (nSPS) is 12.0. The van der Waals surface area contributed by atoms with E-state index in [2.05, 4.69) is 20.8 Å². The zero-order chi connectivity index (χ0) is 15.4. The summed E-state index contributed by atoms with van der Waals surface area (Å²) in [5.41, 5.74) is 0.625. The Kier molecular flexibility index (Phi) is 5.39. The van der Waals surface area contributed by atoms with E-state index in [4.69, 9.17) is 23.2 Å². The van der Waals surface area contributed by atoms with Crippen LogP contribution in [-0.2, 0) is 4.79 Å². The van der Waals surface area contributed by atoms with Crippen LogP contribution in [-0.4, -0.2) is 22.1 Å². The van der Waals surface area contributed by atoms with Crippen molar-refractivity contribution in [1.29, 1.82) is 0 Å². The van der Waals surface area contributed by atoms with Crippen LogP contribution in [0.4, 0.5) is 10.8 Å². The number of amides is 1. The van der Waals surface area contributed by atoms with Crippen LogP contribution >= 0.6 is 34.5 Å². The molecule has 0 unspecified atom stereocenters. The molecule has 1 amide bonds. The first-order valence-electron chi connectivity index (χ1n) is 6.32. The number of nitrogens with one attached hydrogen (secondary N) is 2. The van der Waals surface area contributed by atoms with Crippen LogP contribution in [0, 0.1) is 6.92 Å². The van der Waals surface area contributed by atoms with Gasteiger partial charge in [-0.3, -0.25) is 10.1 Å². The number of hydrogen-bond donors (Lipinski definition) is 2. The fraction of sp³-hybridized carbons (Fsp3) is 0.308. The van der Waals surface area contributed by atoms with E-state index in [-0.39, 0.29) is 5.91 Å². The highest BCUT2D eigenvalue weighted by Crippen LogP contribution is 2.30. The summed E-state index contributed by atoms with van der Waals surface area (Å²) < 4.78 is 0. The van der Waals surface area contributed by atoms with Crippen molar-refractivity contribution in [2.75, 3.05) is 10.6 Å². The summed E-state index contributed by atoms with van der Waals surface area (Å²) in [5, 5.41) is 15.7. The second-order valence-corrected chi connectivity index (χ2v) is 6.29. The molecule has 8 heteroatoms. The molecule has 1 aromatic heterocycles. The average molecular weight is 345 g/mol. The lowest BCUT2D eigenvalue weighted by Gasteiger charge is -2.18. The fourth-order valence-electron chi connectivity index (χ4n) is 1.70. The molecule has 1 aromatic carbocycles. The van der Waals surface area contributed by atoms with Crippen LogP contribution < -0.4 is 10.6 Å². The first kappa shape index (κ1) is 16.0. The number of aryl methyl sites for hydroxylation is 1. The van der Waals surface area contributed by atoms with Crippen LogP contribution in [0.3, 0.4) is 0 Å². The Morgan fingerprint density at radius 3 is 2.76 bits per heavy atom. The second-order valence-electron chi connectivity index (χ2n) is 4.32. The van der Waals surface area contributed by atoms with Crippen molar-refractivity contribution in [3.05, 3.63) is 33.3 Å². The molecule has 0 spiro atoms. The van der Waals surface area contributed by atoms with Crippen LogP contribution in [0.1, 0.15) is 18.4 Å². The van der Waals surface area contributed by atoms with E-state index < -0.39 is 6.04 Å². The zero-order valence-electron chi connectivity index (χ0n) is 11.5. The molecule has 0 aliphatic carbocycles. The molecule has 2 N–H and O–H groups in total. The molecular formula is C13H14Cl2N4OS. The van der Waals surface area contributed by atoms with E-state index in [0.717, 1.165) is 5.01 Å². The third kappa shape index (κ3) is 4.06. The molecule has 0 saturated heterocycles. The summed E-state index contributed by atoms with van der Waals surface area (Å²) in [5.74, 6) is -0.190. The molecule has 2 aromatic rings. The highest BCUT2D eigenvalue weighted by Gasteiger charge is 2.19. The number of benzene rings is 1. The van der Waals surface area contributed by atoms with E-state index in [0.29, 0.717) is 27.3 Å². The Balaban J connectivity index is 2.08. The molecule has 1 heterocycles. The largest absolute Gasteiger partial charge is 0.372 e. The van der Waals surface area contributed by atoms with Gasteiger partial charge >= 0.3 is 0 Å². The van der Waals surface area contributed by atoms with Gasteiger partial charge < -0.3 is 5.32 Å². The molecule has 112 valence electrons. The smallest absolute Gasteiger partial charge is 0.248 e. The topological polar surface area (TPSA) is 66.9 Å². The standard InChI is InChI=1S/C13H14Cl2N4OS/c1-3-9(12(20)17-13-19-18-7(2)21-13)16-10-6-4-5-8(14)11(10)15/h4-6,9,16H,3H2,1-2H3,(H,17,19,20)/t9-/m1/s1. The van der Waals surface area contributed by atoms with Gasteiger partial charge in [-0.15, -0.1) is 10.2 Å². The highest BCUT2D eigenvalue weighted by atomic mass is 35.5. The number of aromatic nitrogens is 2. The van der Waals surface area contributed by atoms with Gasteiger partial charge in [0, 0.05) is 0 Å². The molecule has 0 radical (unpaired) electrons. The zero-order valence-corrected chi connectivity index (χ0v) is 13.8. The molecule has 0 fully saturated rings. The van der Waals surface area contributed by atoms with Gasteiger partial charge in [-0.05, 0) is 25.5 Å². The first-order valence-corrected chi connectivity index (χ1v) is 7.90. The van der Waals surface area contributed by atoms with Crippen molar-refractivity contribution < 1.29 is 4.79 Å². The highest BCUT2D eigenvalue weighted by molar-refractivity contribution is 7.15. The second kappa shape index (κ2) is 7.06. The summed E-state index contributed by atoms with van der Waals surface area (Å²) in [7, 11) is 0. The molecular weight excluding hydrogens is 331 g/mol. The maximum absolute atomic E-state index is 12.2. The van der Waals surface area contributed by atoms with E-state index in [1.807, 2.05) is 13.8 Å². The summed E-state index contributed by atoms with van der Waals surface area (Å²) in [6.07, 6.45) is 0.590. The Labute approximate surface area is 136 Å². The third-order valence-corrected chi connectivity index (χ3v) is 4.34. The van der Waals surface area contributed by atoms with Crippen molar-refractivity contribution in [1.82, 2.24) is 10.2 Å². The van der Waals surface area contributed by atoms with Gasteiger partial charge in [0.1, 0.15) is 11.0 Å².